The number of nitrogens with zero attached hydrogens (tertiary/aromatic N) is 3. The van der Waals surface area contributed by atoms with Gasteiger partial charge < -0.3 is 19.3 Å². The minimum Gasteiger partial charge on any atom is -0.444 e. The molecule has 286 valence electrons. The number of carbonyl (C=O) groups excluding carboxylic acids is 2. The van der Waals surface area contributed by atoms with Crippen LogP contribution in [0.3, 0.4) is 0 Å². The van der Waals surface area contributed by atoms with Gasteiger partial charge in [-0.05, 0) is 127 Å². The van der Waals surface area contributed by atoms with Gasteiger partial charge in [0, 0.05) is 38.9 Å². The van der Waals surface area contributed by atoms with Crippen molar-refractivity contribution in [3.63, 3.8) is 0 Å². The van der Waals surface area contributed by atoms with Crippen molar-refractivity contribution in [1.82, 2.24) is 9.80 Å². The Morgan fingerprint density at radius 2 is 1.04 bits per heavy atom. The molecule has 2 aromatic rings. The first kappa shape index (κ1) is 41.9. The molecule has 2 saturated heterocycles. The molecule has 2 fully saturated rings. The number of hydrogen-bond acceptors (Lipinski definition) is 8. The molecule has 2 heterocycles. The monoisotopic (exact) mass is 750 g/mol. The molecule has 0 unspecified atom stereocenters. The van der Waals surface area contributed by atoms with E-state index in [4.69, 9.17) is 9.47 Å². The van der Waals surface area contributed by atoms with Crippen molar-refractivity contribution in [3.8, 4) is 0 Å². The molecule has 2 aliphatic rings. The standard InChI is InChI=1S/C19H30N2O4S.C18H28N2O4S/c1-19(2,3)25-18(22)21-12-10-16(11-13-21)14-15-6-8-17(9-7-15)20(4)26(5,23)24;1-18(2,3)24-17(21)20-11-9-15(10-12-20)13-14-5-7-16(8-6-14)19-25(4,22)23/h6-9,16H,10-14H2,1-5H3;5-8,15,19H,9-13H2,1-4H3. The van der Waals surface area contributed by atoms with E-state index in [9.17, 15) is 26.4 Å². The number of piperidine rings is 2. The number of likely N-dealkylation sites (tertiary alicyclic amines) is 2. The van der Waals surface area contributed by atoms with Crippen LogP contribution in [0.2, 0.25) is 0 Å². The van der Waals surface area contributed by atoms with E-state index < -0.39 is 31.2 Å². The number of rotatable bonds is 8. The molecule has 2 amide bonds. The SMILES string of the molecule is CC(C)(C)OC(=O)N1CCC(Cc2ccc(NS(C)(=O)=O)cc2)CC1.CN(c1ccc(CC2CCN(C(=O)OC(C)(C)C)CC2)cc1)S(C)(=O)=O. The van der Waals surface area contributed by atoms with Crippen LogP contribution in [-0.2, 0) is 42.4 Å². The Morgan fingerprint density at radius 3 is 1.35 bits per heavy atom. The maximum absolute atomic E-state index is 12.1. The molecule has 0 spiro atoms. The van der Waals surface area contributed by atoms with Crippen molar-refractivity contribution in [2.45, 2.75) is 91.3 Å². The largest absolute Gasteiger partial charge is 0.444 e. The van der Waals surface area contributed by atoms with Gasteiger partial charge in [-0.15, -0.1) is 0 Å². The highest BCUT2D eigenvalue weighted by molar-refractivity contribution is 7.92. The van der Waals surface area contributed by atoms with Gasteiger partial charge in [0.2, 0.25) is 20.0 Å². The Balaban J connectivity index is 0.000000276. The highest BCUT2D eigenvalue weighted by atomic mass is 32.2. The Labute approximate surface area is 306 Å². The second kappa shape index (κ2) is 17.3. The van der Waals surface area contributed by atoms with Crippen LogP contribution in [0.5, 0.6) is 0 Å². The van der Waals surface area contributed by atoms with Gasteiger partial charge in [0.15, 0.2) is 0 Å². The van der Waals surface area contributed by atoms with Crippen LogP contribution in [0, 0.1) is 11.8 Å². The first-order chi connectivity index (χ1) is 23.5. The van der Waals surface area contributed by atoms with E-state index in [2.05, 4.69) is 4.72 Å². The fourth-order valence-corrected chi connectivity index (χ4v) is 6.98. The summed E-state index contributed by atoms with van der Waals surface area (Å²) in [5, 5.41) is 0. The number of nitrogens with one attached hydrogen (secondary N) is 1. The van der Waals surface area contributed by atoms with Crippen LogP contribution in [0.4, 0.5) is 21.0 Å². The minimum atomic E-state index is -3.24. The molecule has 0 aliphatic carbocycles. The summed E-state index contributed by atoms with van der Waals surface area (Å²) >= 11 is 0. The first-order valence-corrected chi connectivity index (χ1v) is 21.3. The number of benzene rings is 2. The summed E-state index contributed by atoms with van der Waals surface area (Å²) in [6, 6.07) is 15.1. The van der Waals surface area contributed by atoms with E-state index in [0.29, 0.717) is 49.4 Å². The molecule has 4 rings (SSSR count). The van der Waals surface area contributed by atoms with Crippen molar-refractivity contribution in [2.24, 2.45) is 11.8 Å². The summed E-state index contributed by atoms with van der Waals surface area (Å²) in [5.74, 6) is 1.04. The minimum absolute atomic E-state index is 0.232. The molecule has 14 heteroatoms. The Hall–Kier alpha value is -3.52. The Bertz CT molecular complexity index is 1650. The quantitative estimate of drug-likeness (QED) is 0.322. The predicted molar refractivity (Wildman–Crippen MR) is 203 cm³/mol. The highest BCUT2D eigenvalue weighted by Gasteiger charge is 2.28. The highest BCUT2D eigenvalue weighted by Crippen LogP contribution is 2.26. The maximum Gasteiger partial charge on any atom is 0.410 e. The molecule has 0 aromatic heterocycles. The number of ether oxygens (including phenoxy) is 2. The molecular weight excluding hydrogens is 693 g/mol. The lowest BCUT2D eigenvalue weighted by Gasteiger charge is -2.33. The summed E-state index contributed by atoms with van der Waals surface area (Å²) < 4.78 is 60.2. The summed E-state index contributed by atoms with van der Waals surface area (Å²) in [7, 11) is -4.93. The van der Waals surface area contributed by atoms with Gasteiger partial charge in [-0.1, -0.05) is 24.3 Å². The summed E-state index contributed by atoms with van der Waals surface area (Å²) in [5.41, 5.74) is 2.67. The lowest BCUT2D eigenvalue weighted by molar-refractivity contribution is 0.0174. The molecule has 51 heavy (non-hydrogen) atoms. The van der Waals surface area contributed by atoms with Crippen molar-refractivity contribution in [1.29, 1.82) is 0 Å². The molecule has 1 N–H and O–H groups in total. The second-order valence-electron chi connectivity index (χ2n) is 15.7. The van der Waals surface area contributed by atoms with Crippen LogP contribution < -0.4 is 9.03 Å². The average Bonchev–Trinajstić information content (AvgIpc) is 3.00. The van der Waals surface area contributed by atoms with Gasteiger partial charge >= 0.3 is 12.2 Å². The van der Waals surface area contributed by atoms with Crippen molar-refractivity contribution in [3.05, 3.63) is 59.7 Å². The van der Waals surface area contributed by atoms with E-state index in [0.717, 1.165) is 44.8 Å². The van der Waals surface area contributed by atoms with E-state index in [1.54, 1.807) is 29.0 Å². The topological polar surface area (TPSA) is 143 Å². The Kier molecular flexibility index (Phi) is 14.2. The summed E-state index contributed by atoms with van der Waals surface area (Å²) in [6.45, 7) is 14.1. The molecule has 2 aliphatic heterocycles. The number of hydrogen-bond donors (Lipinski definition) is 1. The molecule has 2 aromatic carbocycles. The fraction of sp³-hybridized carbons (Fsp3) is 0.622. The molecular formula is C37H58N4O8S2. The van der Waals surface area contributed by atoms with Gasteiger partial charge in [-0.3, -0.25) is 9.03 Å². The van der Waals surface area contributed by atoms with Gasteiger partial charge in [-0.25, -0.2) is 26.4 Å². The zero-order chi connectivity index (χ0) is 38.2. The van der Waals surface area contributed by atoms with Crippen molar-refractivity contribution in [2.75, 3.05) is 54.8 Å². The molecule has 0 bridgehead atoms. The van der Waals surface area contributed by atoms with Crippen LogP contribution in [0.15, 0.2) is 48.5 Å². The third-order valence-corrected chi connectivity index (χ3v) is 10.4. The van der Waals surface area contributed by atoms with Gasteiger partial charge in [0.25, 0.3) is 0 Å². The number of amides is 2. The van der Waals surface area contributed by atoms with Gasteiger partial charge in [0.1, 0.15) is 11.2 Å². The summed E-state index contributed by atoms with van der Waals surface area (Å²) in [4.78, 5) is 27.8. The maximum atomic E-state index is 12.1. The lowest BCUT2D eigenvalue weighted by Crippen LogP contribution is -2.42. The number of anilines is 2. The number of sulfonamides is 2. The predicted octanol–water partition coefficient (Wildman–Crippen LogP) is 6.52. The van der Waals surface area contributed by atoms with Crippen molar-refractivity contribution < 1.29 is 35.9 Å². The zero-order valence-electron chi connectivity index (χ0n) is 31.8. The fourth-order valence-electron chi connectivity index (χ4n) is 5.92. The first-order valence-electron chi connectivity index (χ1n) is 17.5. The van der Waals surface area contributed by atoms with Gasteiger partial charge in [-0.2, -0.15) is 0 Å². The van der Waals surface area contributed by atoms with Crippen LogP contribution in [0.25, 0.3) is 0 Å². The Morgan fingerprint density at radius 1 is 0.686 bits per heavy atom. The van der Waals surface area contributed by atoms with E-state index in [1.165, 1.54) is 21.7 Å². The smallest absolute Gasteiger partial charge is 0.410 e. The number of carbonyl (C=O) groups is 2. The third kappa shape index (κ3) is 15.3. The zero-order valence-corrected chi connectivity index (χ0v) is 33.4. The third-order valence-electron chi connectivity index (χ3n) is 8.64. The average molecular weight is 751 g/mol. The van der Waals surface area contributed by atoms with Crippen molar-refractivity contribution >= 4 is 43.6 Å². The van der Waals surface area contributed by atoms with Crippen LogP contribution in [0.1, 0.15) is 78.4 Å². The van der Waals surface area contributed by atoms with Gasteiger partial charge in [0.05, 0.1) is 18.2 Å². The second-order valence-corrected chi connectivity index (χ2v) is 19.5. The molecule has 0 atom stereocenters. The van der Waals surface area contributed by atoms with E-state index in [1.807, 2.05) is 77.9 Å². The molecule has 0 saturated carbocycles. The van der Waals surface area contributed by atoms with E-state index in [-0.39, 0.29) is 12.2 Å². The lowest BCUT2D eigenvalue weighted by atomic mass is 9.90. The van der Waals surface area contributed by atoms with E-state index >= 15 is 0 Å². The normalized spacial score (nSPS) is 16.5. The molecule has 0 radical (unpaired) electrons. The summed E-state index contributed by atoms with van der Waals surface area (Å²) in [6.07, 6.45) is 7.52. The molecule has 12 nitrogen and oxygen atoms in total. The van der Waals surface area contributed by atoms with Crippen LogP contribution >= 0.6 is 0 Å². The van der Waals surface area contributed by atoms with Crippen LogP contribution in [-0.4, -0.2) is 95.8 Å².